The summed E-state index contributed by atoms with van der Waals surface area (Å²) in [7, 11) is 0. The summed E-state index contributed by atoms with van der Waals surface area (Å²) in [4.78, 5) is 32.9. The molecule has 1 amide bonds. The van der Waals surface area contributed by atoms with E-state index in [-0.39, 0.29) is 36.5 Å². The largest absolute Gasteiger partial charge is 0.468 e. The second-order valence-corrected chi connectivity index (χ2v) is 7.39. The minimum absolute atomic E-state index is 0.128. The van der Waals surface area contributed by atoms with Crippen molar-refractivity contribution in [3.05, 3.63) is 52.5 Å². The first kappa shape index (κ1) is 21.7. The Hall–Kier alpha value is -2.97. The average Bonchev–Trinajstić information content (AvgIpc) is 3.49. The maximum atomic E-state index is 12.6. The molecule has 160 valence electrons. The number of aromatic nitrogens is 2. The number of carbonyl (C=O) groups excluding carboxylic acids is 2. The molecule has 0 aromatic carbocycles. The average molecular weight is 421 g/mol. The number of hydrogen-bond donors (Lipinski definition) is 1. The number of pyridine rings is 2. The van der Waals surface area contributed by atoms with Crippen LogP contribution < -0.4 is 10.1 Å². The first-order chi connectivity index (χ1) is 14.1. The van der Waals surface area contributed by atoms with Crippen LogP contribution in [0.2, 0.25) is 0 Å². The molecule has 0 bridgehead atoms. The van der Waals surface area contributed by atoms with Gasteiger partial charge in [-0.1, -0.05) is 6.07 Å². The van der Waals surface area contributed by atoms with Gasteiger partial charge in [0.25, 0.3) is 5.91 Å². The number of Topliss-reactive ketones (excluding diaryl/α,β-unsaturated/α-hetero) is 1. The van der Waals surface area contributed by atoms with Crippen molar-refractivity contribution in [2.45, 2.75) is 45.8 Å². The summed E-state index contributed by atoms with van der Waals surface area (Å²) >= 11 is 0. The Balaban J connectivity index is 1.61. The maximum Gasteiger partial charge on any atom is 0.422 e. The molecular weight excluding hydrogens is 399 g/mol. The molecule has 1 aliphatic carbocycles. The van der Waals surface area contributed by atoms with Crippen LogP contribution in [0.4, 0.5) is 13.2 Å². The zero-order valence-corrected chi connectivity index (χ0v) is 16.7. The number of nitrogens with one attached hydrogen (secondary N) is 1. The van der Waals surface area contributed by atoms with Crippen molar-refractivity contribution < 1.29 is 27.5 Å². The van der Waals surface area contributed by atoms with Gasteiger partial charge in [0.2, 0.25) is 5.88 Å². The summed E-state index contributed by atoms with van der Waals surface area (Å²) in [6.07, 6.45) is -2.38. The molecule has 0 unspecified atom stereocenters. The molecule has 1 aliphatic rings. The Morgan fingerprint density at radius 2 is 1.90 bits per heavy atom. The second kappa shape index (κ2) is 8.81. The highest BCUT2D eigenvalue weighted by Gasteiger charge is 2.30. The van der Waals surface area contributed by atoms with Crippen LogP contribution in [0.15, 0.2) is 24.3 Å². The number of alkyl halides is 3. The van der Waals surface area contributed by atoms with E-state index in [4.69, 9.17) is 0 Å². The number of rotatable bonds is 8. The fourth-order valence-corrected chi connectivity index (χ4v) is 2.95. The lowest BCUT2D eigenvalue weighted by molar-refractivity contribution is -0.154. The summed E-state index contributed by atoms with van der Waals surface area (Å²) in [6, 6.07) is 6.14. The highest BCUT2D eigenvalue weighted by molar-refractivity contribution is 5.94. The predicted molar refractivity (Wildman–Crippen MR) is 102 cm³/mol. The van der Waals surface area contributed by atoms with Crippen LogP contribution in [0.3, 0.4) is 0 Å². The summed E-state index contributed by atoms with van der Waals surface area (Å²) in [5.41, 5.74) is 2.72. The van der Waals surface area contributed by atoms with Gasteiger partial charge in [0.05, 0.1) is 0 Å². The quantitative estimate of drug-likeness (QED) is 0.706. The minimum Gasteiger partial charge on any atom is -0.468 e. The first-order valence-electron chi connectivity index (χ1n) is 9.55. The van der Waals surface area contributed by atoms with Gasteiger partial charge >= 0.3 is 6.18 Å². The number of amides is 1. The van der Waals surface area contributed by atoms with Crippen molar-refractivity contribution in [3.8, 4) is 5.88 Å². The Morgan fingerprint density at radius 3 is 2.53 bits per heavy atom. The molecule has 30 heavy (non-hydrogen) atoms. The van der Waals surface area contributed by atoms with Crippen LogP contribution in [0.5, 0.6) is 5.88 Å². The highest BCUT2D eigenvalue weighted by Crippen LogP contribution is 2.30. The normalized spacial score (nSPS) is 13.8. The Labute approximate surface area is 171 Å². The fourth-order valence-electron chi connectivity index (χ4n) is 2.95. The Bertz CT molecular complexity index is 956. The van der Waals surface area contributed by atoms with Crippen LogP contribution in [0.25, 0.3) is 0 Å². The lowest BCUT2D eigenvalue weighted by atomic mass is 10.1. The molecular formula is C21H22F3N3O3. The summed E-state index contributed by atoms with van der Waals surface area (Å²) in [6.45, 7) is 2.12. The lowest BCUT2D eigenvalue weighted by Crippen LogP contribution is -2.24. The number of carbonyl (C=O) groups is 2. The van der Waals surface area contributed by atoms with Gasteiger partial charge < -0.3 is 10.1 Å². The zero-order valence-electron chi connectivity index (χ0n) is 16.7. The number of ether oxygens (including phenoxy) is 1. The second-order valence-electron chi connectivity index (χ2n) is 7.39. The smallest absolute Gasteiger partial charge is 0.422 e. The van der Waals surface area contributed by atoms with Gasteiger partial charge in [-0.2, -0.15) is 13.2 Å². The molecule has 0 radical (unpaired) electrons. The third-order valence-corrected chi connectivity index (χ3v) is 4.65. The Kier molecular flexibility index (Phi) is 6.38. The predicted octanol–water partition coefficient (Wildman–Crippen LogP) is 3.49. The van der Waals surface area contributed by atoms with Crippen molar-refractivity contribution in [1.82, 2.24) is 15.3 Å². The molecule has 6 nitrogen and oxygen atoms in total. The van der Waals surface area contributed by atoms with Gasteiger partial charge in [0.15, 0.2) is 6.61 Å². The van der Waals surface area contributed by atoms with E-state index >= 15 is 0 Å². The molecule has 2 heterocycles. The summed E-state index contributed by atoms with van der Waals surface area (Å²) in [5.74, 6) is -0.191. The first-order valence-corrected chi connectivity index (χ1v) is 9.55. The topological polar surface area (TPSA) is 81.2 Å². The third-order valence-electron chi connectivity index (χ3n) is 4.65. The van der Waals surface area contributed by atoms with Crippen LogP contribution >= 0.6 is 0 Å². The van der Waals surface area contributed by atoms with E-state index in [0.29, 0.717) is 28.2 Å². The van der Waals surface area contributed by atoms with E-state index in [1.54, 1.807) is 32.0 Å². The highest BCUT2D eigenvalue weighted by atomic mass is 19.4. The van der Waals surface area contributed by atoms with Crippen molar-refractivity contribution in [2.24, 2.45) is 5.92 Å². The molecule has 0 spiro atoms. The van der Waals surface area contributed by atoms with Gasteiger partial charge in [-0.05, 0) is 44.4 Å². The SMILES string of the molecule is Cc1cc(C(=O)NCc2ccc(OCC(F)(F)F)nc2C)cc(CC(=O)C2CC2)n1. The summed E-state index contributed by atoms with van der Waals surface area (Å²) < 4.78 is 41.3. The molecule has 2 aromatic heterocycles. The minimum atomic E-state index is -4.44. The number of hydrogen-bond acceptors (Lipinski definition) is 5. The van der Waals surface area contributed by atoms with E-state index in [2.05, 4.69) is 20.0 Å². The molecule has 0 saturated heterocycles. The Morgan fingerprint density at radius 1 is 1.17 bits per heavy atom. The van der Waals surface area contributed by atoms with E-state index < -0.39 is 12.8 Å². The van der Waals surface area contributed by atoms with Gasteiger partial charge in [0, 0.05) is 47.6 Å². The number of nitrogens with zero attached hydrogens (tertiary/aromatic N) is 2. The van der Waals surface area contributed by atoms with Gasteiger partial charge in [-0.3, -0.25) is 14.6 Å². The molecule has 2 aromatic rings. The van der Waals surface area contributed by atoms with E-state index in [9.17, 15) is 22.8 Å². The van der Waals surface area contributed by atoms with Crippen LogP contribution in [0, 0.1) is 19.8 Å². The molecule has 1 saturated carbocycles. The number of halogens is 3. The number of aryl methyl sites for hydroxylation is 2. The van der Waals surface area contributed by atoms with Gasteiger partial charge in [-0.15, -0.1) is 0 Å². The molecule has 1 fully saturated rings. The standard InChI is InChI=1S/C21H22F3N3O3/c1-12-7-16(8-17(26-12)9-18(28)14-3-4-14)20(29)25-10-15-5-6-19(27-13(15)2)30-11-21(22,23)24/h5-8,14H,3-4,9-11H2,1-2H3,(H,25,29). The molecule has 1 N–H and O–H groups in total. The van der Waals surface area contributed by atoms with Crippen LogP contribution in [0.1, 0.15) is 45.8 Å². The van der Waals surface area contributed by atoms with Crippen molar-refractivity contribution >= 4 is 11.7 Å². The number of ketones is 1. The monoisotopic (exact) mass is 421 g/mol. The maximum absolute atomic E-state index is 12.6. The van der Waals surface area contributed by atoms with E-state index in [1.165, 1.54) is 6.07 Å². The van der Waals surface area contributed by atoms with Crippen molar-refractivity contribution in [1.29, 1.82) is 0 Å². The van der Waals surface area contributed by atoms with Gasteiger partial charge in [0.1, 0.15) is 5.78 Å². The van der Waals surface area contributed by atoms with E-state index in [1.807, 2.05) is 0 Å². The lowest BCUT2D eigenvalue weighted by Gasteiger charge is -2.12. The summed E-state index contributed by atoms with van der Waals surface area (Å²) in [5, 5.41) is 2.76. The van der Waals surface area contributed by atoms with Crippen LogP contribution in [-0.2, 0) is 17.8 Å². The van der Waals surface area contributed by atoms with Crippen molar-refractivity contribution in [2.75, 3.05) is 6.61 Å². The zero-order chi connectivity index (χ0) is 21.9. The fraction of sp³-hybridized carbons (Fsp3) is 0.429. The third kappa shape index (κ3) is 6.27. The molecule has 0 aliphatic heterocycles. The van der Waals surface area contributed by atoms with Crippen LogP contribution in [-0.4, -0.2) is 34.4 Å². The van der Waals surface area contributed by atoms with E-state index in [0.717, 1.165) is 12.8 Å². The molecule has 9 heteroatoms. The van der Waals surface area contributed by atoms with Gasteiger partial charge in [-0.25, -0.2) is 4.98 Å². The molecule has 3 rings (SSSR count). The molecule has 0 atom stereocenters. The van der Waals surface area contributed by atoms with Crippen molar-refractivity contribution in [3.63, 3.8) is 0 Å².